The molecular formula is C7H16F2N2O3S. The molecular weight excluding hydrogens is 230 g/mol. The van der Waals surface area contributed by atoms with Crippen LogP contribution >= 0.6 is 0 Å². The van der Waals surface area contributed by atoms with E-state index in [1.807, 2.05) is 0 Å². The Labute approximate surface area is 88.3 Å². The first-order valence-electron chi connectivity index (χ1n) is 4.46. The fraction of sp³-hybridized carbons (Fsp3) is 1.00. The van der Waals surface area contributed by atoms with Crippen LogP contribution in [0.15, 0.2) is 0 Å². The van der Waals surface area contributed by atoms with Gasteiger partial charge in [-0.25, -0.2) is 8.78 Å². The van der Waals surface area contributed by atoms with Crippen LogP contribution in [-0.4, -0.2) is 50.0 Å². The lowest BCUT2D eigenvalue weighted by Gasteiger charge is -2.22. The standard InChI is InChI=1S/C7H16F2N2O3S/c1-6(2)10-15(13,14)11(3-4-12)5-7(8)9/h6-7,10,12H,3-5H2,1-2H3. The molecule has 0 aromatic heterocycles. The van der Waals surface area contributed by atoms with Gasteiger partial charge in [0.25, 0.3) is 16.6 Å². The van der Waals surface area contributed by atoms with E-state index in [0.717, 1.165) is 0 Å². The predicted octanol–water partition coefficient (Wildman–Crippen LogP) is -0.211. The fourth-order valence-corrected chi connectivity index (χ4v) is 2.32. The molecule has 0 saturated carbocycles. The van der Waals surface area contributed by atoms with Crippen LogP contribution in [0.5, 0.6) is 0 Å². The van der Waals surface area contributed by atoms with Crippen molar-refractivity contribution in [3.05, 3.63) is 0 Å². The van der Waals surface area contributed by atoms with Gasteiger partial charge in [0.1, 0.15) is 0 Å². The van der Waals surface area contributed by atoms with Gasteiger partial charge in [0.2, 0.25) is 0 Å². The van der Waals surface area contributed by atoms with Crippen molar-refractivity contribution in [3.63, 3.8) is 0 Å². The van der Waals surface area contributed by atoms with E-state index in [-0.39, 0.29) is 12.6 Å². The number of nitrogens with zero attached hydrogens (tertiary/aromatic N) is 1. The van der Waals surface area contributed by atoms with Gasteiger partial charge in [-0.05, 0) is 13.8 Å². The molecule has 0 saturated heterocycles. The van der Waals surface area contributed by atoms with Crippen molar-refractivity contribution in [3.8, 4) is 0 Å². The normalized spacial score (nSPS) is 13.1. The van der Waals surface area contributed by atoms with E-state index in [9.17, 15) is 17.2 Å². The van der Waals surface area contributed by atoms with E-state index >= 15 is 0 Å². The Kier molecular flexibility index (Phi) is 6.18. The van der Waals surface area contributed by atoms with Gasteiger partial charge in [0, 0.05) is 12.6 Å². The van der Waals surface area contributed by atoms with E-state index < -0.39 is 29.8 Å². The zero-order chi connectivity index (χ0) is 12.1. The predicted molar refractivity (Wildman–Crippen MR) is 51.9 cm³/mol. The number of halogens is 2. The van der Waals surface area contributed by atoms with Crippen LogP contribution in [0, 0.1) is 0 Å². The minimum Gasteiger partial charge on any atom is -0.395 e. The van der Waals surface area contributed by atoms with Gasteiger partial charge in [0.05, 0.1) is 13.2 Å². The van der Waals surface area contributed by atoms with Crippen LogP contribution < -0.4 is 4.72 Å². The lowest BCUT2D eigenvalue weighted by Crippen LogP contribution is -2.46. The van der Waals surface area contributed by atoms with Crippen molar-refractivity contribution in [1.82, 2.24) is 9.03 Å². The molecule has 0 aliphatic carbocycles. The average molecular weight is 246 g/mol. The first-order chi connectivity index (χ1) is 6.79. The maximum Gasteiger partial charge on any atom is 0.279 e. The number of aliphatic hydroxyl groups is 1. The van der Waals surface area contributed by atoms with Crippen molar-refractivity contribution in [2.24, 2.45) is 0 Å². The molecule has 0 aliphatic heterocycles. The Morgan fingerprint density at radius 1 is 1.40 bits per heavy atom. The first kappa shape index (κ1) is 14.7. The summed E-state index contributed by atoms with van der Waals surface area (Å²) in [5.74, 6) is 0. The van der Waals surface area contributed by atoms with Crippen LogP contribution in [0.2, 0.25) is 0 Å². The summed E-state index contributed by atoms with van der Waals surface area (Å²) in [5, 5.41) is 8.57. The summed E-state index contributed by atoms with van der Waals surface area (Å²) in [6.45, 7) is 1.41. The molecule has 0 rings (SSSR count). The third-order valence-electron chi connectivity index (χ3n) is 1.42. The number of alkyl halides is 2. The summed E-state index contributed by atoms with van der Waals surface area (Å²) in [4.78, 5) is 0. The zero-order valence-corrected chi connectivity index (χ0v) is 9.47. The summed E-state index contributed by atoms with van der Waals surface area (Å²) >= 11 is 0. The molecule has 0 aliphatic rings. The zero-order valence-electron chi connectivity index (χ0n) is 8.65. The highest BCUT2D eigenvalue weighted by molar-refractivity contribution is 7.87. The van der Waals surface area contributed by atoms with Crippen LogP contribution in [0.25, 0.3) is 0 Å². The molecule has 0 fully saturated rings. The van der Waals surface area contributed by atoms with Crippen LogP contribution in [0.4, 0.5) is 8.78 Å². The molecule has 0 aromatic carbocycles. The van der Waals surface area contributed by atoms with Crippen LogP contribution in [0.1, 0.15) is 13.8 Å². The van der Waals surface area contributed by atoms with Crippen molar-refractivity contribution in [2.45, 2.75) is 26.3 Å². The maximum atomic E-state index is 12.1. The van der Waals surface area contributed by atoms with Crippen molar-refractivity contribution < 1.29 is 22.3 Å². The van der Waals surface area contributed by atoms with E-state index in [1.54, 1.807) is 13.8 Å². The number of hydrogen-bond acceptors (Lipinski definition) is 3. The number of rotatable bonds is 7. The second-order valence-corrected chi connectivity index (χ2v) is 4.95. The lowest BCUT2D eigenvalue weighted by atomic mass is 10.4. The van der Waals surface area contributed by atoms with Gasteiger partial charge in [0.15, 0.2) is 0 Å². The highest BCUT2D eigenvalue weighted by Crippen LogP contribution is 2.04. The summed E-state index contributed by atoms with van der Waals surface area (Å²) in [5.41, 5.74) is 0. The highest BCUT2D eigenvalue weighted by Gasteiger charge is 2.25. The van der Waals surface area contributed by atoms with Gasteiger partial charge in [-0.15, -0.1) is 0 Å². The molecule has 0 heterocycles. The maximum absolute atomic E-state index is 12.1. The van der Waals surface area contributed by atoms with Gasteiger partial charge < -0.3 is 5.11 Å². The number of aliphatic hydroxyl groups excluding tert-OH is 1. The molecule has 92 valence electrons. The molecule has 0 atom stereocenters. The van der Waals surface area contributed by atoms with E-state index in [1.165, 1.54) is 0 Å². The summed E-state index contributed by atoms with van der Waals surface area (Å²) in [6.07, 6.45) is -2.76. The second-order valence-electron chi connectivity index (χ2n) is 3.25. The summed E-state index contributed by atoms with van der Waals surface area (Å²) < 4.78 is 49.7. The van der Waals surface area contributed by atoms with Crippen LogP contribution in [0.3, 0.4) is 0 Å². The Hall–Kier alpha value is -0.310. The second kappa shape index (κ2) is 6.31. The molecule has 8 heteroatoms. The van der Waals surface area contributed by atoms with E-state index in [0.29, 0.717) is 4.31 Å². The molecule has 2 N–H and O–H groups in total. The van der Waals surface area contributed by atoms with Crippen molar-refractivity contribution in [2.75, 3.05) is 19.7 Å². The molecule has 0 spiro atoms. The number of nitrogens with one attached hydrogen (secondary N) is 1. The quantitative estimate of drug-likeness (QED) is 0.653. The highest BCUT2D eigenvalue weighted by atomic mass is 32.2. The van der Waals surface area contributed by atoms with Crippen molar-refractivity contribution in [1.29, 1.82) is 0 Å². The van der Waals surface area contributed by atoms with Gasteiger partial charge in [-0.3, -0.25) is 0 Å². The Morgan fingerprint density at radius 2 is 1.93 bits per heavy atom. The topological polar surface area (TPSA) is 69.6 Å². The molecule has 15 heavy (non-hydrogen) atoms. The van der Waals surface area contributed by atoms with Crippen molar-refractivity contribution >= 4 is 10.2 Å². The lowest BCUT2D eigenvalue weighted by molar-refractivity contribution is 0.112. The molecule has 0 amide bonds. The van der Waals surface area contributed by atoms with Gasteiger partial charge >= 0.3 is 0 Å². The van der Waals surface area contributed by atoms with E-state index in [2.05, 4.69) is 4.72 Å². The largest absolute Gasteiger partial charge is 0.395 e. The van der Waals surface area contributed by atoms with Gasteiger partial charge in [-0.1, -0.05) is 0 Å². The molecule has 0 bridgehead atoms. The summed E-state index contributed by atoms with van der Waals surface area (Å²) in [6, 6.07) is -0.381. The molecule has 0 aromatic rings. The molecule has 0 radical (unpaired) electrons. The third kappa shape index (κ3) is 5.98. The number of hydrogen-bond donors (Lipinski definition) is 2. The third-order valence-corrected chi connectivity index (χ3v) is 3.20. The van der Waals surface area contributed by atoms with Crippen LogP contribution in [-0.2, 0) is 10.2 Å². The van der Waals surface area contributed by atoms with E-state index in [4.69, 9.17) is 5.11 Å². The molecule has 0 unspecified atom stereocenters. The Morgan fingerprint density at radius 3 is 2.27 bits per heavy atom. The first-order valence-corrected chi connectivity index (χ1v) is 5.90. The average Bonchev–Trinajstić information content (AvgIpc) is 2.00. The minimum atomic E-state index is -3.94. The molecule has 5 nitrogen and oxygen atoms in total. The Bertz CT molecular complexity index is 269. The monoisotopic (exact) mass is 246 g/mol. The fourth-order valence-electron chi connectivity index (χ4n) is 0.947. The Balaban J connectivity index is 4.58. The smallest absolute Gasteiger partial charge is 0.279 e. The summed E-state index contributed by atoms with van der Waals surface area (Å²) in [7, 11) is -3.94. The minimum absolute atomic E-state index is 0.341. The van der Waals surface area contributed by atoms with Gasteiger partial charge in [-0.2, -0.15) is 17.4 Å². The SMILES string of the molecule is CC(C)NS(=O)(=O)N(CCO)CC(F)F.